The Labute approximate surface area is 102 Å². The van der Waals surface area contributed by atoms with Gasteiger partial charge in [0.25, 0.3) is 5.91 Å². The van der Waals surface area contributed by atoms with Crippen LogP contribution < -0.4 is 5.73 Å². The summed E-state index contributed by atoms with van der Waals surface area (Å²) in [4.78, 5) is 22.3. The lowest BCUT2D eigenvalue weighted by atomic mass is 9.95. The quantitative estimate of drug-likeness (QED) is 0.789. The highest BCUT2D eigenvalue weighted by Crippen LogP contribution is 2.37. The van der Waals surface area contributed by atoms with Crippen LogP contribution in [0.1, 0.15) is 32.6 Å². The fourth-order valence-electron chi connectivity index (χ4n) is 2.02. The van der Waals surface area contributed by atoms with Crippen molar-refractivity contribution >= 4 is 12.0 Å². The van der Waals surface area contributed by atoms with E-state index in [2.05, 4.69) is 4.74 Å². The van der Waals surface area contributed by atoms with E-state index in [1.807, 2.05) is 6.92 Å². The summed E-state index contributed by atoms with van der Waals surface area (Å²) in [6.07, 6.45) is -4.98. The molecule has 2 amide bonds. The summed E-state index contributed by atoms with van der Waals surface area (Å²) in [6, 6.07) is 0. The Morgan fingerprint density at radius 2 is 2.17 bits per heavy atom. The smallest absolute Gasteiger partial charge is 0.433 e. The SMILES string of the molecule is CCCCC1(OC(N)=O)CCN(C(F)(F)F)C1=O. The molecule has 1 rings (SSSR count). The fraction of sp³-hybridized carbons (Fsp3) is 0.800. The number of rotatable bonds is 4. The number of carbonyl (C=O) groups is 2. The van der Waals surface area contributed by atoms with Crippen molar-refractivity contribution in [3.8, 4) is 0 Å². The van der Waals surface area contributed by atoms with E-state index in [1.54, 1.807) is 0 Å². The fourth-order valence-corrected chi connectivity index (χ4v) is 2.02. The van der Waals surface area contributed by atoms with Crippen molar-refractivity contribution in [2.75, 3.05) is 6.54 Å². The monoisotopic (exact) mass is 268 g/mol. The number of carbonyl (C=O) groups excluding carboxylic acids is 2. The van der Waals surface area contributed by atoms with E-state index in [0.29, 0.717) is 12.8 Å². The second-order valence-corrected chi connectivity index (χ2v) is 4.19. The van der Waals surface area contributed by atoms with Crippen molar-refractivity contribution in [3.63, 3.8) is 0 Å². The molecule has 1 aliphatic heterocycles. The number of hydrogen-bond donors (Lipinski definition) is 1. The number of nitrogens with zero attached hydrogens (tertiary/aromatic N) is 1. The van der Waals surface area contributed by atoms with E-state index in [-0.39, 0.29) is 17.7 Å². The number of amides is 2. The molecule has 18 heavy (non-hydrogen) atoms. The first-order chi connectivity index (χ1) is 8.23. The van der Waals surface area contributed by atoms with Crippen molar-refractivity contribution in [3.05, 3.63) is 0 Å². The van der Waals surface area contributed by atoms with Crippen LogP contribution in [0.5, 0.6) is 0 Å². The average Bonchev–Trinajstić information content (AvgIpc) is 2.53. The molecule has 0 aliphatic carbocycles. The highest BCUT2D eigenvalue weighted by Gasteiger charge is 2.57. The van der Waals surface area contributed by atoms with Gasteiger partial charge in [-0.25, -0.2) is 4.79 Å². The molecule has 0 aromatic rings. The number of unbranched alkanes of at least 4 members (excludes halogenated alkanes) is 1. The maximum Gasteiger partial charge on any atom is 0.487 e. The number of likely N-dealkylation sites (tertiary alicyclic amines) is 1. The summed E-state index contributed by atoms with van der Waals surface area (Å²) in [6.45, 7) is 1.30. The summed E-state index contributed by atoms with van der Waals surface area (Å²) >= 11 is 0. The minimum atomic E-state index is -4.76. The molecule has 1 unspecified atom stereocenters. The van der Waals surface area contributed by atoms with Gasteiger partial charge in [-0.1, -0.05) is 13.3 Å². The molecular formula is C10H15F3N2O3. The van der Waals surface area contributed by atoms with Crippen LogP contribution in [0.4, 0.5) is 18.0 Å². The van der Waals surface area contributed by atoms with E-state index in [1.165, 1.54) is 0 Å². The van der Waals surface area contributed by atoms with Crippen LogP contribution in [0.2, 0.25) is 0 Å². The van der Waals surface area contributed by atoms with Crippen LogP contribution >= 0.6 is 0 Å². The molecule has 1 atom stereocenters. The van der Waals surface area contributed by atoms with Crippen LogP contribution in [0, 0.1) is 0 Å². The van der Waals surface area contributed by atoms with Crippen molar-refractivity contribution in [1.82, 2.24) is 4.90 Å². The number of hydrogen-bond acceptors (Lipinski definition) is 3. The van der Waals surface area contributed by atoms with E-state index in [0.717, 1.165) is 0 Å². The summed E-state index contributed by atoms with van der Waals surface area (Å²) in [7, 11) is 0. The Hall–Kier alpha value is -1.47. The largest absolute Gasteiger partial charge is 0.487 e. The lowest BCUT2D eigenvalue weighted by Crippen LogP contribution is -2.48. The third-order valence-corrected chi connectivity index (χ3v) is 2.91. The molecule has 0 aromatic heterocycles. The molecule has 104 valence electrons. The van der Waals surface area contributed by atoms with Crippen molar-refractivity contribution in [2.45, 2.75) is 44.5 Å². The third-order valence-electron chi connectivity index (χ3n) is 2.91. The average molecular weight is 268 g/mol. The molecule has 1 fully saturated rings. The molecule has 0 aromatic carbocycles. The first-order valence-electron chi connectivity index (χ1n) is 5.60. The van der Waals surface area contributed by atoms with Crippen LogP contribution in [-0.2, 0) is 9.53 Å². The van der Waals surface area contributed by atoms with Crippen molar-refractivity contribution in [2.24, 2.45) is 5.73 Å². The van der Waals surface area contributed by atoms with Crippen LogP contribution in [-0.4, -0.2) is 35.3 Å². The van der Waals surface area contributed by atoms with Gasteiger partial charge >= 0.3 is 12.4 Å². The van der Waals surface area contributed by atoms with Crippen LogP contribution in [0.25, 0.3) is 0 Å². The van der Waals surface area contributed by atoms with E-state index in [4.69, 9.17) is 5.73 Å². The van der Waals surface area contributed by atoms with Gasteiger partial charge in [-0.15, -0.1) is 13.2 Å². The zero-order chi connectivity index (χ0) is 14.0. The molecule has 0 radical (unpaired) electrons. The first-order valence-corrected chi connectivity index (χ1v) is 5.60. The molecular weight excluding hydrogens is 253 g/mol. The van der Waals surface area contributed by atoms with Gasteiger partial charge in [0.1, 0.15) is 0 Å². The van der Waals surface area contributed by atoms with Gasteiger partial charge in [0.15, 0.2) is 5.60 Å². The highest BCUT2D eigenvalue weighted by atomic mass is 19.4. The molecule has 0 saturated carbocycles. The second kappa shape index (κ2) is 5.03. The normalized spacial score (nSPS) is 24.4. The molecule has 2 N–H and O–H groups in total. The summed E-state index contributed by atoms with van der Waals surface area (Å²) in [5.41, 5.74) is 3.08. The van der Waals surface area contributed by atoms with Gasteiger partial charge in [0.05, 0.1) is 0 Å². The van der Waals surface area contributed by atoms with Gasteiger partial charge in [-0.2, -0.15) is 0 Å². The molecule has 8 heteroatoms. The van der Waals surface area contributed by atoms with Crippen LogP contribution in [0.15, 0.2) is 0 Å². The van der Waals surface area contributed by atoms with Gasteiger partial charge < -0.3 is 10.5 Å². The zero-order valence-corrected chi connectivity index (χ0v) is 9.92. The molecule has 0 spiro atoms. The van der Waals surface area contributed by atoms with E-state index < -0.39 is 30.4 Å². The maximum atomic E-state index is 12.5. The molecule has 0 bridgehead atoms. The number of ether oxygens (including phenoxy) is 1. The zero-order valence-electron chi connectivity index (χ0n) is 9.92. The maximum absolute atomic E-state index is 12.5. The predicted molar refractivity (Wildman–Crippen MR) is 55.3 cm³/mol. The number of alkyl halides is 3. The van der Waals surface area contributed by atoms with Crippen molar-refractivity contribution < 1.29 is 27.5 Å². The second-order valence-electron chi connectivity index (χ2n) is 4.19. The highest BCUT2D eigenvalue weighted by molar-refractivity contribution is 5.89. The number of halogens is 3. The lowest BCUT2D eigenvalue weighted by Gasteiger charge is -2.27. The molecule has 5 nitrogen and oxygen atoms in total. The first kappa shape index (κ1) is 14.6. The summed E-state index contributed by atoms with van der Waals surface area (Å²) in [5, 5.41) is 0. The van der Waals surface area contributed by atoms with Gasteiger partial charge in [-0.3, -0.25) is 9.69 Å². The Kier molecular flexibility index (Phi) is 4.08. The topological polar surface area (TPSA) is 72.6 Å². The van der Waals surface area contributed by atoms with Crippen LogP contribution in [0.3, 0.4) is 0 Å². The Balaban J connectivity index is 2.92. The minimum absolute atomic E-state index is 0.0534. The molecule has 1 aliphatic rings. The Morgan fingerprint density at radius 1 is 1.56 bits per heavy atom. The third kappa shape index (κ3) is 2.85. The van der Waals surface area contributed by atoms with E-state index in [9.17, 15) is 22.8 Å². The van der Waals surface area contributed by atoms with Gasteiger partial charge in [-0.05, 0) is 12.8 Å². The Bertz CT molecular complexity index is 346. The van der Waals surface area contributed by atoms with Crippen molar-refractivity contribution in [1.29, 1.82) is 0 Å². The minimum Gasteiger partial charge on any atom is -0.433 e. The summed E-state index contributed by atoms with van der Waals surface area (Å²) in [5.74, 6) is -1.23. The summed E-state index contributed by atoms with van der Waals surface area (Å²) < 4.78 is 42.3. The Morgan fingerprint density at radius 3 is 2.56 bits per heavy atom. The van der Waals surface area contributed by atoms with Gasteiger partial charge in [0, 0.05) is 13.0 Å². The predicted octanol–water partition coefficient (Wildman–Crippen LogP) is 1.76. The van der Waals surface area contributed by atoms with Gasteiger partial charge in [0.2, 0.25) is 0 Å². The lowest BCUT2D eigenvalue weighted by molar-refractivity contribution is -0.237. The molecule has 1 heterocycles. The molecule has 1 saturated heterocycles. The number of primary amides is 1. The van der Waals surface area contributed by atoms with E-state index >= 15 is 0 Å². The standard InChI is InChI=1S/C10H15F3N2O3/c1-2-3-4-9(18-8(14)17)5-6-15(7(9)16)10(11,12)13/h2-6H2,1H3,(H2,14,17). The number of nitrogens with two attached hydrogens (primary N) is 1.